The van der Waals surface area contributed by atoms with Gasteiger partial charge in [-0.25, -0.2) is 4.68 Å². The third-order valence-corrected chi connectivity index (χ3v) is 1.67. The molecule has 0 aliphatic heterocycles. The van der Waals surface area contributed by atoms with Gasteiger partial charge in [0.25, 0.3) is 0 Å². The molecule has 0 aliphatic carbocycles. The van der Waals surface area contributed by atoms with E-state index in [1.165, 1.54) is 0 Å². The van der Waals surface area contributed by atoms with Crippen molar-refractivity contribution in [3.63, 3.8) is 0 Å². The van der Waals surface area contributed by atoms with Gasteiger partial charge < -0.3 is 0 Å². The largest absolute Gasteiger partial charge is 0.240 e. The van der Waals surface area contributed by atoms with Crippen molar-refractivity contribution < 1.29 is 0 Å². The highest BCUT2D eigenvalue weighted by atomic mass is 15.3. The highest BCUT2D eigenvalue weighted by Crippen LogP contribution is 2.05. The van der Waals surface area contributed by atoms with Crippen molar-refractivity contribution in [1.29, 1.82) is 0 Å². The summed E-state index contributed by atoms with van der Waals surface area (Å²) < 4.78 is 1.81. The molecule has 1 aromatic heterocycles. The van der Waals surface area contributed by atoms with Crippen molar-refractivity contribution >= 4 is 0 Å². The van der Waals surface area contributed by atoms with Gasteiger partial charge in [0.15, 0.2) is 0 Å². The van der Waals surface area contributed by atoms with Gasteiger partial charge in [0.1, 0.15) is 0 Å². The van der Waals surface area contributed by atoms with Crippen molar-refractivity contribution in [2.75, 3.05) is 0 Å². The topological polar surface area (TPSA) is 17.8 Å². The van der Waals surface area contributed by atoms with Crippen molar-refractivity contribution in [2.45, 2.75) is 6.92 Å². The number of aromatic nitrogens is 2. The Bertz CT molecular complexity index is 362. The van der Waals surface area contributed by atoms with Crippen LogP contribution >= 0.6 is 0 Å². The molecule has 0 aliphatic rings. The molecule has 0 unspecified atom stereocenters. The van der Waals surface area contributed by atoms with Crippen LogP contribution in [0, 0.1) is 13.0 Å². The molecule has 0 fully saturated rings. The van der Waals surface area contributed by atoms with Gasteiger partial charge in [0, 0.05) is 12.3 Å². The molecule has 2 nitrogen and oxygen atoms in total. The number of nitrogens with zero attached hydrogens (tertiary/aromatic N) is 2. The molecule has 0 amide bonds. The van der Waals surface area contributed by atoms with Gasteiger partial charge in [0.05, 0.1) is 11.4 Å². The minimum Gasteiger partial charge on any atom is -0.240 e. The molecule has 0 atom stereocenters. The van der Waals surface area contributed by atoms with E-state index in [0.29, 0.717) is 0 Å². The van der Waals surface area contributed by atoms with Crippen LogP contribution in [-0.2, 0) is 0 Å². The van der Waals surface area contributed by atoms with Gasteiger partial charge >= 0.3 is 0 Å². The zero-order valence-corrected chi connectivity index (χ0v) is 6.86. The zero-order chi connectivity index (χ0) is 8.39. The van der Waals surface area contributed by atoms with Gasteiger partial charge in [-0.1, -0.05) is 18.2 Å². The number of rotatable bonds is 1. The van der Waals surface area contributed by atoms with Gasteiger partial charge in [-0.05, 0) is 19.1 Å². The molecule has 2 rings (SSSR count). The maximum absolute atomic E-state index is 4.24. The number of aryl methyl sites for hydroxylation is 1. The average Bonchev–Trinajstić information content (AvgIpc) is 2.54. The molecule has 2 heteroatoms. The van der Waals surface area contributed by atoms with Crippen molar-refractivity contribution in [3.05, 3.63) is 48.3 Å². The van der Waals surface area contributed by atoms with Gasteiger partial charge in [-0.3, -0.25) is 0 Å². The molecule has 1 radical (unpaired) electrons. The Morgan fingerprint density at radius 3 is 2.58 bits per heavy atom. The molecular formula is C10H9N2. The quantitative estimate of drug-likeness (QED) is 0.619. The maximum atomic E-state index is 4.24. The first-order chi connectivity index (χ1) is 5.86. The fraction of sp³-hybridized carbons (Fsp3) is 0.100. The van der Waals surface area contributed by atoms with Crippen LogP contribution in [0.4, 0.5) is 0 Å². The number of hydrogen-bond donors (Lipinski definition) is 0. The van der Waals surface area contributed by atoms with E-state index in [1.807, 2.05) is 48.1 Å². The summed E-state index contributed by atoms with van der Waals surface area (Å²) in [6.07, 6.45) is 1.84. The predicted octanol–water partition coefficient (Wildman–Crippen LogP) is 1.98. The molecule has 1 aromatic carbocycles. The predicted molar refractivity (Wildman–Crippen MR) is 47.1 cm³/mol. The highest BCUT2D eigenvalue weighted by molar-refractivity contribution is 5.30. The van der Waals surface area contributed by atoms with Crippen LogP contribution in [-0.4, -0.2) is 9.78 Å². The number of para-hydroxylation sites is 1. The van der Waals surface area contributed by atoms with Crippen LogP contribution in [0.5, 0.6) is 0 Å². The SMILES string of the molecule is Cc1[c]cn(-c2ccccc2)n1. The lowest BCUT2D eigenvalue weighted by atomic mass is 10.3. The second-order valence-electron chi connectivity index (χ2n) is 2.64. The Hall–Kier alpha value is -1.57. The summed E-state index contributed by atoms with van der Waals surface area (Å²) in [4.78, 5) is 0. The Balaban J connectivity index is 2.45. The van der Waals surface area contributed by atoms with E-state index in [2.05, 4.69) is 11.2 Å². The lowest BCUT2D eigenvalue weighted by Crippen LogP contribution is -1.93. The molecule has 0 saturated heterocycles. The maximum Gasteiger partial charge on any atom is 0.0677 e. The lowest BCUT2D eigenvalue weighted by molar-refractivity contribution is 0.863. The van der Waals surface area contributed by atoms with E-state index >= 15 is 0 Å². The molecule has 1 heterocycles. The first kappa shape index (κ1) is 7.10. The zero-order valence-electron chi connectivity index (χ0n) is 6.86. The molecule has 59 valence electrons. The first-order valence-corrected chi connectivity index (χ1v) is 3.85. The smallest absolute Gasteiger partial charge is 0.0677 e. The molecular weight excluding hydrogens is 148 g/mol. The van der Waals surface area contributed by atoms with Crippen LogP contribution in [0.2, 0.25) is 0 Å². The standard InChI is InChI=1S/C10H9N2/c1-9-7-8-12(11-9)10-5-3-2-4-6-10/h2-6,8H,1H3. The fourth-order valence-electron chi connectivity index (χ4n) is 1.09. The highest BCUT2D eigenvalue weighted by Gasteiger charge is 1.95. The van der Waals surface area contributed by atoms with Crippen molar-refractivity contribution in [2.24, 2.45) is 0 Å². The normalized spacial score (nSPS) is 10.1. The Morgan fingerprint density at radius 1 is 1.25 bits per heavy atom. The number of benzene rings is 1. The van der Waals surface area contributed by atoms with E-state index in [0.717, 1.165) is 11.4 Å². The Morgan fingerprint density at radius 2 is 2.00 bits per heavy atom. The second-order valence-corrected chi connectivity index (χ2v) is 2.64. The summed E-state index contributed by atoms with van der Waals surface area (Å²) in [5.41, 5.74) is 1.99. The van der Waals surface area contributed by atoms with Gasteiger partial charge in [-0.2, -0.15) is 5.10 Å². The minimum absolute atomic E-state index is 0.916. The summed E-state index contributed by atoms with van der Waals surface area (Å²) in [7, 11) is 0. The molecule has 12 heavy (non-hydrogen) atoms. The van der Waals surface area contributed by atoms with E-state index in [9.17, 15) is 0 Å². The summed E-state index contributed by atoms with van der Waals surface area (Å²) in [6, 6.07) is 13.0. The third kappa shape index (κ3) is 1.23. The monoisotopic (exact) mass is 157 g/mol. The summed E-state index contributed by atoms with van der Waals surface area (Å²) >= 11 is 0. The molecule has 0 saturated carbocycles. The van der Waals surface area contributed by atoms with Crippen molar-refractivity contribution in [1.82, 2.24) is 9.78 Å². The number of hydrogen-bond acceptors (Lipinski definition) is 1. The second kappa shape index (κ2) is 2.81. The van der Waals surface area contributed by atoms with Crippen LogP contribution in [0.3, 0.4) is 0 Å². The molecule has 2 aromatic rings. The van der Waals surface area contributed by atoms with Crippen LogP contribution in [0.15, 0.2) is 36.5 Å². The van der Waals surface area contributed by atoms with Gasteiger partial charge in [-0.15, -0.1) is 0 Å². The van der Waals surface area contributed by atoms with E-state index in [4.69, 9.17) is 0 Å². The lowest BCUT2D eigenvalue weighted by Gasteiger charge is -1.98. The van der Waals surface area contributed by atoms with Gasteiger partial charge in [0.2, 0.25) is 0 Å². The molecule has 0 N–H and O–H groups in total. The summed E-state index contributed by atoms with van der Waals surface area (Å²) in [5, 5.41) is 4.24. The summed E-state index contributed by atoms with van der Waals surface area (Å²) in [6.45, 7) is 1.93. The van der Waals surface area contributed by atoms with E-state index < -0.39 is 0 Å². The fourth-order valence-corrected chi connectivity index (χ4v) is 1.09. The minimum atomic E-state index is 0.916. The average molecular weight is 157 g/mol. The van der Waals surface area contributed by atoms with Crippen LogP contribution in [0.25, 0.3) is 5.69 Å². The van der Waals surface area contributed by atoms with Crippen LogP contribution in [0.1, 0.15) is 5.69 Å². The van der Waals surface area contributed by atoms with E-state index in [-0.39, 0.29) is 0 Å². The Kier molecular flexibility index (Phi) is 1.67. The van der Waals surface area contributed by atoms with Crippen molar-refractivity contribution in [3.8, 4) is 5.69 Å². The first-order valence-electron chi connectivity index (χ1n) is 3.85. The third-order valence-electron chi connectivity index (χ3n) is 1.67. The van der Waals surface area contributed by atoms with Crippen LogP contribution < -0.4 is 0 Å². The molecule has 0 bridgehead atoms. The summed E-state index contributed by atoms with van der Waals surface area (Å²) in [5.74, 6) is 0. The molecule has 0 spiro atoms. The van der Waals surface area contributed by atoms with E-state index in [1.54, 1.807) is 0 Å². The Labute approximate surface area is 71.5 Å².